The fourth-order valence-electron chi connectivity index (χ4n) is 2.70. The van der Waals surface area contributed by atoms with Crippen molar-refractivity contribution in [1.82, 2.24) is 0 Å². The van der Waals surface area contributed by atoms with Crippen molar-refractivity contribution in [3.8, 4) is 6.07 Å². The van der Waals surface area contributed by atoms with Gasteiger partial charge < -0.3 is 4.90 Å². The van der Waals surface area contributed by atoms with E-state index in [-0.39, 0.29) is 11.9 Å². The van der Waals surface area contributed by atoms with Gasteiger partial charge in [0.15, 0.2) is 0 Å². The van der Waals surface area contributed by atoms with Crippen LogP contribution < -0.4 is 4.90 Å². The highest BCUT2D eigenvalue weighted by atomic mass is 16.2. The van der Waals surface area contributed by atoms with Gasteiger partial charge in [-0.2, -0.15) is 5.26 Å². The molecule has 0 aromatic heterocycles. The summed E-state index contributed by atoms with van der Waals surface area (Å²) in [7, 11) is 0. The minimum atomic E-state index is -0.00746. The lowest BCUT2D eigenvalue weighted by atomic mass is 10.1. The van der Waals surface area contributed by atoms with E-state index in [0.717, 1.165) is 12.1 Å². The second kappa shape index (κ2) is 4.82. The van der Waals surface area contributed by atoms with Crippen molar-refractivity contribution in [2.45, 2.75) is 19.4 Å². The van der Waals surface area contributed by atoms with E-state index in [1.54, 1.807) is 24.3 Å². The summed E-state index contributed by atoms with van der Waals surface area (Å²) in [6.45, 7) is 2.06. The Balaban J connectivity index is 1.96. The number of hydrogen-bond acceptors (Lipinski definition) is 2. The quantitative estimate of drug-likeness (QED) is 0.792. The first kappa shape index (κ1) is 12.4. The van der Waals surface area contributed by atoms with Gasteiger partial charge in [0.1, 0.15) is 0 Å². The second-order valence-electron chi connectivity index (χ2n) is 5.05. The van der Waals surface area contributed by atoms with Gasteiger partial charge in [-0.05, 0) is 49.2 Å². The zero-order chi connectivity index (χ0) is 14.1. The standard InChI is InChI=1S/C17H14N2O/c1-12-10-15-4-2-3-5-16(15)19(12)17(20)14-8-6-13(11-18)7-9-14/h2-9,12H,10H2,1H3/t12-/m0/s1. The van der Waals surface area contributed by atoms with Crippen LogP contribution in [0.4, 0.5) is 5.69 Å². The van der Waals surface area contributed by atoms with E-state index in [4.69, 9.17) is 5.26 Å². The average molecular weight is 262 g/mol. The number of carbonyl (C=O) groups excluding carboxylic acids is 1. The number of rotatable bonds is 1. The normalized spacial score (nSPS) is 16.6. The molecule has 3 nitrogen and oxygen atoms in total. The molecule has 2 aromatic carbocycles. The molecule has 3 rings (SSSR count). The lowest BCUT2D eigenvalue weighted by Gasteiger charge is -2.22. The van der Waals surface area contributed by atoms with Crippen molar-refractivity contribution in [3.05, 3.63) is 65.2 Å². The zero-order valence-corrected chi connectivity index (χ0v) is 11.2. The third kappa shape index (κ3) is 1.96. The van der Waals surface area contributed by atoms with Crippen molar-refractivity contribution in [1.29, 1.82) is 5.26 Å². The zero-order valence-electron chi connectivity index (χ0n) is 11.2. The van der Waals surface area contributed by atoms with Crippen LogP contribution in [-0.4, -0.2) is 11.9 Å². The van der Waals surface area contributed by atoms with Gasteiger partial charge in [-0.25, -0.2) is 0 Å². The van der Waals surface area contributed by atoms with Crippen LogP contribution >= 0.6 is 0 Å². The molecular weight excluding hydrogens is 248 g/mol. The number of carbonyl (C=O) groups is 1. The van der Waals surface area contributed by atoms with Crippen molar-refractivity contribution in [2.24, 2.45) is 0 Å². The number of hydrogen-bond donors (Lipinski definition) is 0. The molecule has 0 aliphatic carbocycles. The van der Waals surface area contributed by atoms with Gasteiger partial charge >= 0.3 is 0 Å². The first-order chi connectivity index (χ1) is 9.70. The summed E-state index contributed by atoms with van der Waals surface area (Å²) in [5.41, 5.74) is 3.39. The summed E-state index contributed by atoms with van der Waals surface area (Å²) in [5, 5.41) is 8.81. The summed E-state index contributed by atoms with van der Waals surface area (Å²) in [6.07, 6.45) is 0.887. The highest BCUT2D eigenvalue weighted by molar-refractivity contribution is 6.07. The summed E-state index contributed by atoms with van der Waals surface area (Å²) in [6, 6.07) is 17.0. The smallest absolute Gasteiger partial charge is 0.258 e. The molecule has 1 aliphatic heterocycles. The average Bonchev–Trinajstić information content (AvgIpc) is 2.82. The molecule has 1 atom stereocenters. The monoisotopic (exact) mass is 262 g/mol. The molecule has 1 aliphatic rings. The fourth-order valence-corrected chi connectivity index (χ4v) is 2.70. The molecule has 0 unspecified atom stereocenters. The SMILES string of the molecule is C[C@H]1Cc2ccccc2N1C(=O)c1ccc(C#N)cc1. The number of para-hydroxylation sites is 1. The molecule has 3 heteroatoms. The second-order valence-corrected chi connectivity index (χ2v) is 5.05. The topological polar surface area (TPSA) is 44.1 Å². The molecular formula is C17H14N2O. The maximum absolute atomic E-state index is 12.7. The highest BCUT2D eigenvalue weighted by Gasteiger charge is 2.30. The van der Waals surface area contributed by atoms with Gasteiger partial charge in [-0.3, -0.25) is 4.79 Å². The largest absolute Gasteiger partial charge is 0.305 e. The van der Waals surface area contributed by atoms with Crippen LogP contribution in [0.2, 0.25) is 0 Å². The summed E-state index contributed by atoms with van der Waals surface area (Å²) < 4.78 is 0. The van der Waals surface area contributed by atoms with E-state index in [9.17, 15) is 4.79 Å². The Bertz CT molecular complexity index is 698. The predicted octanol–water partition coefficient (Wildman–Crippen LogP) is 3.15. The van der Waals surface area contributed by atoms with Gasteiger partial charge in [0.2, 0.25) is 0 Å². The van der Waals surface area contributed by atoms with E-state index < -0.39 is 0 Å². The third-order valence-corrected chi connectivity index (χ3v) is 3.69. The Labute approximate surface area is 118 Å². The van der Waals surface area contributed by atoms with Crippen molar-refractivity contribution in [2.75, 3.05) is 4.90 Å². The van der Waals surface area contributed by atoms with E-state index in [2.05, 4.69) is 19.1 Å². The van der Waals surface area contributed by atoms with Gasteiger partial charge in [0.25, 0.3) is 5.91 Å². The minimum Gasteiger partial charge on any atom is -0.305 e. The molecule has 0 bridgehead atoms. The molecule has 98 valence electrons. The molecule has 20 heavy (non-hydrogen) atoms. The molecule has 2 aromatic rings. The molecule has 1 heterocycles. The van der Waals surface area contributed by atoms with Crippen LogP contribution in [0.5, 0.6) is 0 Å². The van der Waals surface area contributed by atoms with Gasteiger partial charge in [-0.1, -0.05) is 18.2 Å². The summed E-state index contributed by atoms with van der Waals surface area (Å²) in [4.78, 5) is 14.5. The Kier molecular flexibility index (Phi) is 3.00. The van der Waals surface area contributed by atoms with Gasteiger partial charge in [0.05, 0.1) is 11.6 Å². The van der Waals surface area contributed by atoms with Crippen molar-refractivity contribution in [3.63, 3.8) is 0 Å². The van der Waals surface area contributed by atoms with Gasteiger partial charge in [-0.15, -0.1) is 0 Å². The minimum absolute atomic E-state index is 0.00746. The van der Waals surface area contributed by atoms with Crippen LogP contribution in [0, 0.1) is 11.3 Å². The van der Waals surface area contributed by atoms with E-state index in [1.807, 2.05) is 23.1 Å². The molecule has 0 radical (unpaired) electrons. The van der Waals surface area contributed by atoms with E-state index in [1.165, 1.54) is 5.56 Å². The van der Waals surface area contributed by atoms with Crippen LogP contribution in [0.1, 0.15) is 28.4 Å². The highest BCUT2D eigenvalue weighted by Crippen LogP contribution is 2.32. The number of anilines is 1. The first-order valence-electron chi connectivity index (χ1n) is 6.62. The number of nitriles is 1. The van der Waals surface area contributed by atoms with Crippen LogP contribution in [0.3, 0.4) is 0 Å². The number of fused-ring (bicyclic) bond motifs is 1. The molecule has 0 saturated heterocycles. The Morgan fingerprint density at radius 2 is 1.90 bits per heavy atom. The predicted molar refractivity (Wildman–Crippen MR) is 77.6 cm³/mol. The molecule has 1 amide bonds. The van der Waals surface area contributed by atoms with Crippen LogP contribution in [0.25, 0.3) is 0 Å². The maximum atomic E-state index is 12.7. The lowest BCUT2D eigenvalue weighted by molar-refractivity contribution is 0.0981. The molecule has 0 N–H and O–H groups in total. The number of amides is 1. The number of benzene rings is 2. The van der Waals surface area contributed by atoms with E-state index in [0.29, 0.717) is 11.1 Å². The Morgan fingerprint density at radius 1 is 1.20 bits per heavy atom. The molecule has 0 fully saturated rings. The summed E-state index contributed by atoms with van der Waals surface area (Å²) >= 11 is 0. The van der Waals surface area contributed by atoms with Crippen molar-refractivity contribution >= 4 is 11.6 Å². The first-order valence-corrected chi connectivity index (χ1v) is 6.62. The van der Waals surface area contributed by atoms with E-state index >= 15 is 0 Å². The van der Waals surface area contributed by atoms with Crippen molar-refractivity contribution < 1.29 is 4.79 Å². The Morgan fingerprint density at radius 3 is 2.60 bits per heavy atom. The van der Waals surface area contributed by atoms with Crippen LogP contribution in [0.15, 0.2) is 48.5 Å². The van der Waals surface area contributed by atoms with Crippen LogP contribution in [-0.2, 0) is 6.42 Å². The third-order valence-electron chi connectivity index (χ3n) is 3.69. The summed E-state index contributed by atoms with van der Waals surface area (Å²) in [5.74, 6) is -0.00746. The fraction of sp³-hybridized carbons (Fsp3) is 0.176. The lowest BCUT2D eigenvalue weighted by Crippen LogP contribution is -2.35. The van der Waals surface area contributed by atoms with Gasteiger partial charge in [0, 0.05) is 17.3 Å². The molecule has 0 saturated carbocycles. The number of nitrogens with zero attached hydrogens (tertiary/aromatic N) is 2. The Hall–Kier alpha value is -2.60. The maximum Gasteiger partial charge on any atom is 0.258 e. The molecule has 0 spiro atoms.